The number of fused-ring (bicyclic) bond motifs is 1. The molecule has 0 aromatic heterocycles. The molecule has 2 N–H and O–H groups in total. The van der Waals surface area contributed by atoms with Crippen molar-refractivity contribution >= 4 is 0 Å². The average Bonchev–Trinajstić information content (AvgIpc) is 2.48. The molecule has 1 aromatic rings. The molecule has 3 rings (SSSR count). The van der Waals surface area contributed by atoms with Crippen molar-refractivity contribution in [3.05, 3.63) is 35.4 Å². The normalized spacial score (nSPS) is 28.1. The van der Waals surface area contributed by atoms with E-state index >= 15 is 0 Å². The molecule has 3 heteroatoms. The number of nitrogens with two attached hydrogens (primary N) is 1. The van der Waals surface area contributed by atoms with Gasteiger partial charge in [0.1, 0.15) is 0 Å². The van der Waals surface area contributed by atoms with Crippen molar-refractivity contribution in [1.29, 1.82) is 0 Å². The molecule has 1 saturated carbocycles. The minimum Gasteiger partial charge on any atom is -0.375 e. The standard InChI is InChI=1S/C16H24N2O/c17-11-13-4-3-5-14(10-13)12-18-8-9-19-16-7-2-1-6-15(16)18/h3-5,10,15-16H,1-2,6-9,11-12,17H2. The quantitative estimate of drug-likeness (QED) is 0.906. The maximum atomic E-state index is 5.93. The first-order valence-corrected chi connectivity index (χ1v) is 7.50. The van der Waals surface area contributed by atoms with E-state index in [1.165, 1.54) is 36.8 Å². The molecule has 0 amide bonds. The Balaban J connectivity index is 1.70. The van der Waals surface area contributed by atoms with E-state index in [0.29, 0.717) is 18.7 Å². The summed E-state index contributed by atoms with van der Waals surface area (Å²) >= 11 is 0. The van der Waals surface area contributed by atoms with E-state index in [1.807, 2.05) is 0 Å². The second-order valence-corrected chi connectivity index (χ2v) is 5.76. The molecule has 1 saturated heterocycles. The number of hydrogen-bond donors (Lipinski definition) is 1. The summed E-state index contributed by atoms with van der Waals surface area (Å²) in [6.45, 7) is 3.62. The molecule has 2 fully saturated rings. The van der Waals surface area contributed by atoms with Gasteiger partial charge >= 0.3 is 0 Å². The van der Waals surface area contributed by atoms with Gasteiger partial charge in [-0.25, -0.2) is 0 Å². The number of morpholine rings is 1. The van der Waals surface area contributed by atoms with Gasteiger partial charge in [0.05, 0.1) is 12.7 Å². The number of rotatable bonds is 3. The molecule has 1 aromatic carbocycles. The summed E-state index contributed by atoms with van der Waals surface area (Å²) in [7, 11) is 0. The van der Waals surface area contributed by atoms with Gasteiger partial charge in [0, 0.05) is 25.7 Å². The van der Waals surface area contributed by atoms with Crippen LogP contribution in [-0.4, -0.2) is 30.2 Å². The zero-order valence-corrected chi connectivity index (χ0v) is 11.6. The number of benzene rings is 1. The van der Waals surface area contributed by atoms with Crippen molar-refractivity contribution in [2.75, 3.05) is 13.2 Å². The lowest BCUT2D eigenvalue weighted by molar-refractivity contribution is -0.0911. The molecule has 0 bridgehead atoms. The van der Waals surface area contributed by atoms with Crippen LogP contribution >= 0.6 is 0 Å². The third kappa shape index (κ3) is 2.99. The van der Waals surface area contributed by atoms with Crippen LogP contribution in [0.3, 0.4) is 0 Å². The van der Waals surface area contributed by atoms with Crippen LogP contribution in [0.4, 0.5) is 0 Å². The summed E-state index contributed by atoms with van der Waals surface area (Å²) in [5.41, 5.74) is 8.34. The first-order valence-electron chi connectivity index (χ1n) is 7.50. The molecule has 2 aliphatic rings. The third-order valence-corrected chi connectivity index (χ3v) is 4.46. The minimum absolute atomic E-state index is 0.472. The molecule has 2 unspecified atom stereocenters. The van der Waals surface area contributed by atoms with Crippen LogP contribution < -0.4 is 5.73 Å². The highest BCUT2D eigenvalue weighted by Gasteiger charge is 2.33. The Labute approximate surface area is 115 Å². The Morgan fingerprint density at radius 1 is 1.21 bits per heavy atom. The summed E-state index contributed by atoms with van der Waals surface area (Å²) < 4.78 is 5.93. The van der Waals surface area contributed by atoms with Gasteiger partial charge in [0.15, 0.2) is 0 Å². The van der Waals surface area contributed by atoms with Crippen molar-refractivity contribution < 1.29 is 4.74 Å². The number of ether oxygens (including phenoxy) is 1. The monoisotopic (exact) mass is 260 g/mol. The SMILES string of the molecule is NCc1cccc(CN2CCOC3CCCCC32)c1. The Bertz CT molecular complexity index is 419. The fourth-order valence-electron chi connectivity index (χ4n) is 3.46. The van der Waals surface area contributed by atoms with E-state index in [0.717, 1.165) is 19.7 Å². The predicted molar refractivity (Wildman–Crippen MR) is 76.7 cm³/mol. The van der Waals surface area contributed by atoms with Crippen LogP contribution in [0.1, 0.15) is 36.8 Å². The Hall–Kier alpha value is -0.900. The van der Waals surface area contributed by atoms with Crippen molar-refractivity contribution in [2.24, 2.45) is 5.73 Å². The Morgan fingerprint density at radius 2 is 2.05 bits per heavy atom. The minimum atomic E-state index is 0.472. The van der Waals surface area contributed by atoms with E-state index in [4.69, 9.17) is 10.5 Å². The van der Waals surface area contributed by atoms with Crippen molar-refractivity contribution in [3.63, 3.8) is 0 Å². The molecule has 104 valence electrons. The summed E-state index contributed by atoms with van der Waals surface area (Å²) in [5.74, 6) is 0. The van der Waals surface area contributed by atoms with E-state index in [-0.39, 0.29) is 0 Å². The summed E-state index contributed by atoms with van der Waals surface area (Å²) in [4.78, 5) is 2.61. The number of nitrogens with zero attached hydrogens (tertiary/aromatic N) is 1. The van der Waals surface area contributed by atoms with Gasteiger partial charge in [-0.1, -0.05) is 37.1 Å². The second kappa shape index (κ2) is 6.04. The highest BCUT2D eigenvalue weighted by atomic mass is 16.5. The molecule has 19 heavy (non-hydrogen) atoms. The highest BCUT2D eigenvalue weighted by Crippen LogP contribution is 2.29. The summed E-state index contributed by atoms with van der Waals surface area (Å²) in [6.07, 6.45) is 5.69. The maximum absolute atomic E-state index is 5.93. The first-order chi connectivity index (χ1) is 9.36. The zero-order chi connectivity index (χ0) is 13.1. The van der Waals surface area contributed by atoms with Gasteiger partial charge in [0.25, 0.3) is 0 Å². The molecule has 0 radical (unpaired) electrons. The molecule has 2 atom stereocenters. The summed E-state index contributed by atoms with van der Waals surface area (Å²) in [6, 6.07) is 9.31. The number of hydrogen-bond acceptors (Lipinski definition) is 3. The van der Waals surface area contributed by atoms with Crippen LogP contribution in [0, 0.1) is 0 Å². The third-order valence-electron chi connectivity index (χ3n) is 4.46. The van der Waals surface area contributed by atoms with Gasteiger partial charge in [-0.15, -0.1) is 0 Å². The van der Waals surface area contributed by atoms with Gasteiger partial charge in [-0.05, 0) is 24.0 Å². The van der Waals surface area contributed by atoms with Crippen LogP contribution in [0.5, 0.6) is 0 Å². The predicted octanol–water partition coefficient (Wildman–Crippen LogP) is 2.29. The van der Waals surface area contributed by atoms with E-state index in [1.54, 1.807) is 0 Å². The lowest BCUT2D eigenvalue weighted by atomic mass is 9.90. The topological polar surface area (TPSA) is 38.5 Å². The van der Waals surface area contributed by atoms with E-state index < -0.39 is 0 Å². The highest BCUT2D eigenvalue weighted by molar-refractivity contribution is 5.23. The van der Waals surface area contributed by atoms with E-state index in [2.05, 4.69) is 29.2 Å². The van der Waals surface area contributed by atoms with Crippen molar-refractivity contribution in [3.8, 4) is 0 Å². The molecule has 1 aliphatic heterocycles. The van der Waals surface area contributed by atoms with Gasteiger partial charge in [-0.3, -0.25) is 4.90 Å². The Kier molecular flexibility index (Phi) is 4.16. The van der Waals surface area contributed by atoms with Crippen LogP contribution in [0.25, 0.3) is 0 Å². The van der Waals surface area contributed by atoms with Crippen LogP contribution in [0.15, 0.2) is 24.3 Å². The molecule has 1 heterocycles. The molecule has 0 spiro atoms. The maximum Gasteiger partial charge on any atom is 0.0731 e. The molecule has 1 aliphatic carbocycles. The lowest BCUT2D eigenvalue weighted by Crippen LogP contribution is -2.52. The zero-order valence-electron chi connectivity index (χ0n) is 11.6. The average molecular weight is 260 g/mol. The van der Waals surface area contributed by atoms with Crippen LogP contribution in [-0.2, 0) is 17.8 Å². The fourth-order valence-corrected chi connectivity index (χ4v) is 3.46. The Morgan fingerprint density at radius 3 is 2.95 bits per heavy atom. The van der Waals surface area contributed by atoms with Crippen molar-refractivity contribution in [2.45, 2.75) is 50.9 Å². The second-order valence-electron chi connectivity index (χ2n) is 5.76. The lowest BCUT2D eigenvalue weighted by Gasteiger charge is -2.43. The molecular formula is C16H24N2O. The largest absolute Gasteiger partial charge is 0.375 e. The van der Waals surface area contributed by atoms with Crippen molar-refractivity contribution in [1.82, 2.24) is 4.90 Å². The fraction of sp³-hybridized carbons (Fsp3) is 0.625. The van der Waals surface area contributed by atoms with E-state index in [9.17, 15) is 0 Å². The molecule has 3 nitrogen and oxygen atoms in total. The van der Waals surface area contributed by atoms with Crippen LogP contribution in [0.2, 0.25) is 0 Å². The smallest absolute Gasteiger partial charge is 0.0731 e. The van der Waals surface area contributed by atoms with Gasteiger partial charge in [0.2, 0.25) is 0 Å². The summed E-state index contributed by atoms with van der Waals surface area (Å²) in [5, 5.41) is 0. The van der Waals surface area contributed by atoms with Gasteiger partial charge in [-0.2, -0.15) is 0 Å². The molecular weight excluding hydrogens is 236 g/mol. The van der Waals surface area contributed by atoms with Gasteiger partial charge < -0.3 is 10.5 Å². The first kappa shape index (κ1) is 13.1.